The molecule has 0 saturated carbocycles. The lowest BCUT2D eigenvalue weighted by Crippen LogP contribution is -2.29. The van der Waals surface area contributed by atoms with Gasteiger partial charge in [0.1, 0.15) is 5.69 Å². The molecule has 0 saturated heterocycles. The lowest BCUT2D eigenvalue weighted by molar-refractivity contribution is 0.0949. The van der Waals surface area contributed by atoms with Crippen molar-refractivity contribution < 1.29 is 4.79 Å². The molecule has 1 heterocycles. The molecule has 0 aliphatic rings. The summed E-state index contributed by atoms with van der Waals surface area (Å²) in [5.74, 6) is 0.422. The molecule has 0 spiro atoms. The highest BCUT2D eigenvalue weighted by Gasteiger charge is 2.13. The summed E-state index contributed by atoms with van der Waals surface area (Å²) in [4.78, 5) is 23.2. The first-order valence-electron chi connectivity index (χ1n) is 8.16. The van der Waals surface area contributed by atoms with Crippen molar-refractivity contribution in [2.75, 3.05) is 24.5 Å². The van der Waals surface area contributed by atoms with Gasteiger partial charge in [0.25, 0.3) is 5.91 Å². The molecule has 0 aliphatic carbocycles. The fourth-order valence-corrected chi connectivity index (χ4v) is 2.51. The minimum atomic E-state index is -0.178. The second-order valence-electron chi connectivity index (χ2n) is 5.50. The second-order valence-corrected chi connectivity index (χ2v) is 5.94. The molecule has 0 atom stereocenters. The van der Waals surface area contributed by atoms with E-state index >= 15 is 0 Å². The minimum Gasteiger partial charge on any atom is -0.350 e. The van der Waals surface area contributed by atoms with Crippen LogP contribution < -0.4 is 10.2 Å². The maximum Gasteiger partial charge on any atom is 0.270 e. The summed E-state index contributed by atoms with van der Waals surface area (Å²) in [7, 11) is 0. The fourth-order valence-electron chi connectivity index (χ4n) is 2.38. The number of nitrogens with one attached hydrogen (secondary N) is 1. The zero-order valence-corrected chi connectivity index (χ0v) is 15.1. The summed E-state index contributed by atoms with van der Waals surface area (Å²) < 4.78 is 0. The van der Waals surface area contributed by atoms with E-state index in [1.54, 1.807) is 6.07 Å². The Labute approximate surface area is 148 Å². The van der Waals surface area contributed by atoms with Crippen LogP contribution in [0.2, 0.25) is 5.02 Å². The normalized spacial score (nSPS) is 10.5. The van der Waals surface area contributed by atoms with E-state index < -0.39 is 0 Å². The predicted octanol–water partition coefficient (Wildman–Crippen LogP) is 3.26. The van der Waals surface area contributed by atoms with E-state index in [0.29, 0.717) is 23.2 Å². The number of hydrogen-bond donors (Lipinski definition) is 1. The van der Waals surface area contributed by atoms with Gasteiger partial charge in [-0.05, 0) is 51.0 Å². The van der Waals surface area contributed by atoms with Gasteiger partial charge in [0.15, 0.2) is 0 Å². The Kier molecular flexibility index (Phi) is 6.55. The van der Waals surface area contributed by atoms with Crippen LogP contribution in [-0.2, 0) is 6.42 Å². The monoisotopic (exact) mass is 346 g/mol. The molecule has 24 heavy (non-hydrogen) atoms. The molecule has 1 amide bonds. The molecule has 2 rings (SSSR count). The van der Waals surface area contributed by atoms with Crippen LogP contribution in [0.5, 0.6) is 0 Å². The Balaban J connectivity index is 2.00. The maximum absolute atomic E-state index is 12.4. The Morgan fingerprint density at radius 1 is 1.17 bits per heavy atom. The summed E-state index contributed by atoms with van der Waals surface area (Å²) in [6.45, 7) is 8.11. The topological polar surface area (TPSA) is 58.1 Å². The molecule has 0 aliphatic heterocycles. The third-order valence-electron chi connectivity index (χ3n) is 3.73. The molecule has 1 aromatic carbocycles. The highest BCUT2D eigenvalue weighted by atomic mass is 35.5. The molecule has 5 nitrogen and oxygen atoms in total. The number of amides is 1. The van der Waals surface area contributed by atoms with E-state index in [9.17, 15) is 4.79 Å². The number of rotatable bonds is 7. The quantitative estimate of drug-likeness (QED) is 0.836. The summed E-state index contributed by atoms with van der Waals surface area (Å²) in [6.07, 6.45) is 0.746. The molecule has 6 heteroatoms. The van der Waals surface area contributed by atoms with E-state index in [-0.39, 0.29) is 5.91 Å². The predicted molar refractivity (Wildman–Crippen MR) is 97.8 cm³/mol. The smallest absolute Gasteiger partial charge is 0.270 e. The minimum absolute atomic E-state index is 0.178. The number of nitrogens with zero attached hydrogens (tertiary/aromatic N) is 3. The largest absolute Gasteiger partial charge is 0.350 e. The Hall–Kier alpha value is -2.14. The first kappa shape index (κ1) is 18.2. The van der Waals surface area contributed by atoms with Gasteiger partial charge in [-0.25, -0.2) is 9.97 Å². The van der Waals surface area contributed by atoms with Crippen molar-refractivity contribution in [2.24, 2.45) is 0 Å². The molecule has 1 N–H and O–H groups in total. The van der Waals surface area contributed by atoms with Gasteiger partial charge >= 0.3 is 0 Å². The zero-order chi connectivity index (χ0) is 17.5. The van der Waals surface area contributed by atoms with E-state index in [0.717, 1.165) is 30.8 Å². The number of aryl methyl sites for hydroxylation is 1. The van der Waals surface area contributed by atoms with Gasteiger partial charge in [-0.2, -0.15) is 0 Å². The van der Waals surface area contributed by atoms with E-state index in [1.165, 1.54) is 0 Å². The Bertz CT molecular complexity index is 684. The molecule has 0 fully saturated rings. The lowest BCUT2D eigenvalue weighted by atomic mass is 10.1. The first-order valence-corrected chi connectivity index (χ1v) is 8.54. The highest BCUT2D eigenvalue weighted by molar-refractivity contribution is 6.30. The number of halogens is 1. The molecule has 0 unspecified atom stereocenters. The summed E-state index contributed by atoms with van der Waals surface area (Å²) >= 11 is 5.87. The Morgan fingerprint density at radius 3 is 2.46 bits per heavy atom. The van der Waals surface area contributed by atoms with Crippen molar-refractivity contribution in [2.45, 2.75) is 27.2 Å². The molecule has 1 aromatic heterocycles. The molecule has 0 bridgehead atoms. The average molecular weight is 347 g/mol. The Morgan fingerprint density at radius 2 is 1.83 bits per heavy atom. The van der Waals surface area contributed by atoms with Crippen LogP contribution in [0.15, 0.2) is 30.3 Å². The number of carbonyl (C=O) groups excluding carboxylic acids is 1. The van der Waals surface area contributed by atoms with Gasteiger partial charge in [0.05, 0.1) is 0 Å². The van der Waals surface area contributed by atoms with Crippen molar-refractivity contribution in [1.29, 1.82) is 0 Å². The van der Waals surface area contributed by atoms with Crippen LogP contribution in [0.25, 0.3) is 0 Å². The van der Waals surface area contributed by atoms with Gasteiger partial charge in [-0.1, -0.05) is 23.7 Å². The van der Waals surface area contributed by atoms with Gasteiger partial charge in [0.2, 0.25) is 5.95 Å². The van der Waals surface area contributed by atoms with Crippen LogP contribution >= 0.6 is 11.6 Å². The first-order chi connectivity index (χ1) is 11.5. The average Bonchev–Trinajstić information content (AvgIpc) is 2.57. The van der Waals surface area contributed by atoms with Crippen LogP contribution in [0.1, 0.15) is 35.6 Å². The van der Waals surface area contributed by atoms with Crippen molar-refractivity contribution in [1.82, 2.24) is 15.3 Å². The molecule has 2 aromatic rings. The number of hydrogen-bond acceptors (Lipinski definition) is 4. The van der Waals surface area contributed by atoms with Crippen molar-refractivity contribution in [3.63, 3.8) is 0 Å². The zero-order valence-electron chi connectivity index (χ0n) is 14.3. The van der Waals surface area contributed by atoms with Crippen LogP contribution in [-0.4, -0.2) is 35.5 Å². The van der Waals surface area contributed by atoms with Gasteiger partial charge in [-0.3, -0.25) is 4.79 Å². The number of benzene rings is 1. The van der Waals surface area contributed by atoms with E-state index in [4.69, 9.17) is 11.6 Å². The lowest BCUT2D eigenvalue weighted by Gasteiger charge is -2.19. The maximum atomic E-state index is 12.4. The molecular weight excluding hydrogens is 324 g/mol. The second kappa shape index (κ2) is 8.64. The van der Waals surface area contributed by atoms with E-state index in [1.807, 2.05) is 49.9 Å². The van der Waals surface area contributed by atoms with Crippen molar-refractivity contribution in [3.05, 3.63) is 52.3 Å². The van der Waals surface area contributed by atoms with Crippen molar-refractivity contribution in [3.8, 4) is 0 Å². The van der Waals surface area contributed by atoms with E-state index in [2.05, 4.69) is 15.3 Å². The number of carbonyl (C=O) groups is 1. The standard InChI is InChI=1S/C18H23ClN4O/c1-4-23(5-2)18-21-13(3)12-16(22-18)17(24)20-11-10-14-6-8-15(19)9-7-14/h6-9,12H,4-5,10-11H2,1-3H3,(H,20,24). The molecule has 0 radical (unpaired) electrons. The highest BCUT2D eigenvalue weighted by Crippen LogP contribution is 2.11. The summed E-state index contributed by atoms with van der Waals surface area (Å²) in [6, 6.07) is 9.33. The summed E-state index contributed by atoms with van der Waals surface area (Å²) in [5.41, 5.74) is 2.32. The van der Waals surface area contributed by atoms with Crippen molar-refractivity contribution >= 4 is 23.5 Å². The summed E-state index contributed by atoms with van der Waals surface area (Å²) in [5, 5.41) is 3.62. The van der Waals surface area contributed by atoms with Gasteiger partial charge in [-0.15, -0.1) is 0 Å². The fraction of sp³-hybridized carbons (Fsp3) is 0.389. The molecular formula is C18H23ClN4O. The third-order valence-corrected chi connectivity index (χ3v) is 3.99. The van der Waals surface area contributed by atoms with Crippen LogP contribution in [0, 0.1) is 6.92 Å². The van der Waals surface area contributed by atoms with Crippen LogP contribution in [0.4, 0.5) is 5.95 Å². The molecule has 128 valence electrons. The third kappa shape index (κ3) is 4.93. The van der Waals surface area contributed by atoms with Gasteiger partial charge in [0, 0.05) is 30.4 Å². The SMILES string of the molecule is CCN(CC)c1nc(C)cc(C(=O)NCCc2ccc(Cl)cc2)n1. The van der Waals surface area contributed by atoms with Gasteiger partial charge < -0.3 is 10.2 Å². The number of aromatic nitrogens is 2. The van der Waals surface area contributed by atoms with Crippen LogP contribution in [0.3, 0.4) is 0 Å². The number of anilines is 1.